The summed E-state index contributed by atoms with van der Waals surface area (Å²) in [6.07, 6.45) is 1.49. The van der Waals surface area contributed by atoms with E-state index >= 15 is 0 Å². The van der Waals surface area contributed by atoms with Gasteiger partial charge in [-0.2, -0.15) is 0 Å². The second-order valence-electron chi connectivity index (χ2n) is 3.50. The van der Waals surface area contributed by atoms with Gasteiger partial charge in [0.2, 0.25) is 0 Å². The quantitative estimate of drug-likeness (QED) is 0.437. The van der Waals surface area contributed by atoms with Crippen LogP contribution in [-0.2, 0) is 16.1 Å². The van der Waals surface area contributed by atoms with Gasteiger partial charge in [-0.15, -0.1) is 0 Å². The van der Waals surface area contributed by atoms with Crippen molar-refractivity contribution in [3.63, 3.8) is 0 Å². The second kappa shape index (κ2) is 7.88. The van der Waals surface area contributed by atoms with Gasteiger partial charge in [0.1, 0.15) is 0 Å². The molecule has 0 saturated carbocycles. The molecule has 0 spiro atoms. The van der Waals surface area contributed by atoms with E-state index in [1.165, 1.54) is 5.56 Å². The zero-order valence-corrected chi connectivity index (χ0v) is 9.74. The lowest BCUT2D eigenvalue weighted by atomic mass is 10.2. The van der Waals surface area contributed by atoms with E-state index in [1.54, 1.807) is 0 Å². The van der Waals surface area contributed by atoms with Gasteiger partial charge in [-0.25, -0.2) is 0 Å². The fourth-order valence-electron chi connectivity index (χ4n) is 1.35. The summed E-state index contributed by atoms with van der Waals surface area (Å²) >= 11 is 0. The monoisotopic (exact) mass is 221 g/mol. The Morgan fingerprint density at radius 1 is 1.25 bits per heavy atom. The molecule has 1 aromatic carbocycles. The third-order valence-corrected chi connectivity index (χ3v) is 2.12. The lowest BCUT2D eigenvalue weighted by molar-refractivity contribution is 0.118. The van der Waals surface area contributed by atoms with Crippen molar-refractivity contribution in [1.82, 2.24) is 0 Å². The van der Waals surface area contributed by atoms with Crippen molar-refractivity contribution >= 4 is 5.90 Å². The van der Waals surface area contributed by atoms with Crippen molar-refractivity contribution in [3.05, 3.63) is 35.9 Å². The maximum absolute atomic E-state index is 7.41. The maximum Gasteiger partial charge on any atom is 0.180 e. The maximum atomic E-state index is 7.41. The second-order valence-corrected chi connectivity index (χ2v) is 3.50. The number of hydrogen-bond donors (Lipinski definition) is 1. The molecule has 3 nitrogen and oxygen atoms in total. The van der Waals surface area contributed by atoms with Crippen LogP contribution in [0.4, 0.5) is 0 Å². The molecule has 0 aliphatic heterocycles. The zero-order valence-electron chi connectivity index (χ0n) is 9.74. The highest BCUT2D eigenvalue weighted by atomic mass is 16.5. The van der Waals surface area contributed by atoms with Crippen molar-refractivity contribution in [2.75, 3.05) is 13.2 Å². The minimum atomic E-state index is 0.353. The Morgan fingerprint density at radius 3 is 2.69 bits per heavy atom. The van der Waals surface area contributed by atoms with Gasteiger partial charge < -0.3 is 9.47 Å². The van der Waals surface area contributed by atoms with E-state index in [4.69, 9.17) is 14.9 Å². The van der Waals surface area contributed by atoms with E-state index in [-0.39, 0.29) is 0 Å². The van der Waals surface area contributed by atoms with E-state index < -0.39 is 0 Å². The van der Waals surface area contributed by atoms with E-state index in [0.717, 1.165) is 6.42 Å². The summed E-state index contributed by atoms with van der Waals surface area (Å²) in [5.41, 5.74) is 1.18. The molecule has 0 bridgehead atoms. The van der Waals surface area contributed by atoms with E-state index in [0.29, 0.717) is 32.1 Å². The predicted molar refractivity (Wildman–Crippen MR) is 64.7 cm³/mol. The molecule has 0 aliphatic rings. The Bertz CT molecular complexity index is 298. The molecule has 3 heteroatoms. The van der Waals surface area contributed by atoms with Crippen LogP contribution in [-0.4, -0.2) is 19.1 Å². The normalized spacial score (nSPS) is 10.1. The molecule has 0 radical (unpaired) electrons. The summed E-state index contributed by atoms with van der Waals surface area (Å²) in [5, 5.41) is 7.41. The van der Waals surface area contributed by atoms with Gasteiger partial charge >= 0.3 is 0 Å². The molecular formula is C13H19NO2. The van der Waals surface area contributed by atoms with E-state index in [1.807, 2.05) is 37.3 Å². The summed E-state index contributed by atoms with van der Waals surface area (Å²) in [4.78, 5) is 0. The summed E-state index contributed by atoms with van der Waals surface area (Å²) in [6, 6.07) is 10.1. The van der Waals surface area contributed by atoms with Gasteiger partial charge in [-0.1, -0.05) is 30.3 Å². The third kappa shape index (κ3) is 5.51. The lowest BCUT2D eigenvalue weighted by Crippen LogP contribution is -2.04. The predicted octanol–water partition coefficient (Wildman–Crippen LogP) is 3.00. The summed E-state index contributed by atoms with van der Waals surface area (Å²) < 4.78 is 10.5. The molecule has 0 saturated heterocycles. The molecule has 1 N–H and O–H groups in total. The smallest absolute Gasteiger partial charge is 0.180 e. The van der Waals surface area contributed by atoms with Crippen LogP contribution in [0.1, 0.15) is 25.3 Å². The van der Waals surface area contributed by atoms with Gasteiger partial charge in [-0.3, -0.25) is 5.41 Å². The molecule has 1 aromatic rings. The molecule has 0 unspecified atom stereocenters. The molecule has 0 heterocycles. The molecule has 0 fully saturated rings. The number of nitrogens with one attached hydrogen (secondary N) is 1. The molecule has 0 amide bonds. The number of ether oxygens (including phenoxy) is 2. The Morgan fingerprint density at radius 2 is 2.00 bits per heavy atom. The van der Waals surface area contributed by atoms with Crippen molar-refractivity contribution in [3.8, 4) is 0 Å². The summed E-state index contributed by atoms with van der Waals surface area (Å²) in [6.45, 7) is 3.78. The molecule has 16 heavy (non-hydrogen) atoms. The van der Waals surface area contributed by atoms with Crippen LogP contribution in [0.15, 0.2) is 30.3 Å². The highest BCUT2D eigenvalue weighted by molar-refractivity contribution is 5.72. The SMILES string of the molecule is CCOC(=N)CCCOCc1ccccc1. The standard InChI is InChI=1S/C13H19NO2/c1-2-16-13(14)9-6-10-15-11-12-7-4-3-5-8-12/h3-5,7-8,14H,2,6,9-11H2,1H3. The number of rotatable bonds is 7. The fraction of sp³-hybridized carbons (Fsp3) is 0.462. The van der Waals surface area contributed by atoms with Crippen molar-refractivity contribution in [1.29, 1.82) is 5.41 Å². The Kier molecular flexibility index (Phi) is 6.26. The van der Waals surface area contributed by atoms with E-state index in [9.17, 15) is 0 Å². The van der Waals surface area contributed by atoms with Crippen LogP contribution >= 0.6 is 0 Å². The average molecular weight is 221 g/mol. The molecule has 0 aromatic heterocycles. The summed E-state index contributed by atoms with van der Waals surface area (Å²) in [7, 11) is 0. The third-order valence-electron chi connectivity index (χ3n) is 2.12. The first-order chi connectivity index (χ1) is 7.83. The Labute approximate surface area is 96.9 Å². The van der Waals surface area contributed by atoms with Gasteiger partial charge in [0.05, 0.1) is 13.2 Å². The van der Waals surface area contributed by atoms with Gasteiger partial charge in [0.15, 0.2) is 5.90 Å². The molecule has 0 atom stereocenters. The molecular weight excluding hydrogens is 202 g/mol. The number of benzene rings is 1. The van der Waals surface area contributed by atoms with Crippen LogP contribution in [0, 0.1) is 5.41 Å². The topological polar surface area (TPSA) is 42.3 Å². The fourth-order valence-corrected chi connectivity index (χ4v) is 1.35. The van der Waals surface area contributed by atoms with Crippen molar-refractivity contribution < 1.29 is 9.47 Å². The molecule has 1 rings (SSSR count). The van der Waals surface area contributed by atoms with Crippen LogP contribution in [0.25, 0.3) is 0 Å². The molecule has 88 valence electrons. The first-order valence-electron chi connectivity index (χ1n) is 5.65. The van der Waals surface area contributed by atoms with Crippen molar-refractivity contribution in [2.24, 2.45) is 0 Å². The zero-order chi connectivity index (χ0) is 11.6. The Hall–Kier alpha value is -1.35. The lowest BCUT2D eigenvalue weighted by Gasteiger charge is -2.05. The highest BCUT2D eigenvalue weighted by Crippen LogP contribution is 2.02. The first-order valence-corrected chi connectivity index (χ1v) is 5.65. The first kappa shape index (κ1) is 12.7. The van der Waals surface area contributed by atoms with Crippen LogP contribution < -0.4 is 0 Å². The van der Waals surface area contributed by atoms with Gasteiger partial charge in [-0.05, 0) is 18.9 Å². The average Bonchev–Trinajstić information content (AvgIpc) is 2.30. The van der Waals surface area contributed by atoms with E-state index in [2.05, 4.69) is 0 Å². The molecule has 0 aliphatic carbocycles. The minimum absolute atomic E-state index is 0.353. The Balaban J connectivity index is 2.02. The van der Waals surface area contributed by atoms with Crippen LogP contribution in [0.2, 0.25) is 0 Å². The van der Waals surface area contributed by atoms with Gasteiger partial charge in [0, 0.05) is 13.0 Å². The number of hydrogen-bond acceptors (Lipinski definition) is 3. The highest BCUT2D eigenvalue weighted by Gasteiger charge is 1.97. The van der Waals surface area contributed by atoms with Crippen LogP contribution in [0.3, 0.4) is 0 Å². The summed E-state index contributed by atoms with van der Waals surface area (Å²) in [5.74, 6) is 0.353. The van der Waals surface area contributed by atoms with Crippen LogP contribution in [0.5, 0.6) is 0 Å². The largest absolute Gasteiger partial charge is 0.481 e. The van der Waals surface area contributed by atoms with Crippen molar-refractivity contribution in [2.45, 2.75) is 26.4 Å². The van der Waals surface area contributed by atoms with Gasteiger partial charge in [0.25, 0.3) is 0 Å². The minimum Gasteiger partial charge on any atom is -0.481 e.